The lowest BCUT2D eigenvalue weighted by molar-refractivity contribution is -0.0515. The second-order valence-electron chi connectivity index (χ2n) is 6.39. The fourth-order valence-electron chi connectivity index (χ4n) is 2.83. The number of ether oxygens (including phenoxy) is 2. The average molecular weight is 353 g/mol. The van der Waals surface area contributed by atoms with E-state index in [0.29, 0.717) is 24.8 Å². The highest BCUT2D eigenvalue weighted by Crippen LogP contribution is 2.35. The molecule has 1 saturated heterocycles. The van der Waals surface area contributed by atoms with Crippen LogP contribution in [-0.4, -0.2) is 38.4 Å². The van der Waals surface area contributed by atoms with Gasteiger partial charge in [0.2, 0.25) is 0 Å². The molecule has 1 saturated carbocycles. The van der Waals surface area contributed by atoms with Gasteiger partial charge in [0.25, 0.3) is 0 Å². The van der Waals surface area contributed by atoms with Crippen molar-refractivity contribution >= 4 is 5.69 Å². The van der Waals surface area contributed by atoms with Crippen LogP contribution in [0.25, 0.3) is 10.4 Å². The van der Waals surface area contributed by atoms with Gasteiger partial charge in [-0.05, 0) is 42.8 Å². The molecule has 1 aromatic carbocycles. The van der Waals surface area contributed by atoms with Gasteiger partial charge in [-0.15, -0.1) is 0 Å². The van der Waals surface area contributed by atoms with Gasteiger partial charge < -0.3 is 20.1 Å². The number of benzene rings is 1. The van der Waals surface area contributed by atoms with Crippen molar-refractivity contribution in [3.05, 3.63) is 28.6 Å². The number of rotatable bonds is 9. The standard InChI is InChI=1S/C16H21F2N5O2/c17-16(18)25-14-4-3-11(6-15(14)24-9-10-1-2-10)22-13-5-12(20-7-13)8-21-23-19/h3-4,6,10,12-13,16,20,22H,1-2,5,7-9H2. The Hall–Kier alpha value is -2.25. The Morgan fingerprint density at radius 1 is 1.36 bits per heavy atom. The van der Waals surface area contributed by atoms with Gasteiger partial charge in [-0.25, -0.2) is 0 Å². The second kappa shape index (κ2) is 8.22. The van der Waals surface area contributed by atoms with E-state index in [-0.39, 0.29) is 17.8 Å². The van der Waals surface area contributed by atoms with E-state index < -0.39 is 6.61 Å². The van der Waals surface area contributed by atoms with Gasteiger partial charge in [0.1, 0.15) is 0 Å². The Morgan fingerprint density at radius 2 is 2.20 bits per heavy atom. The van der Waals surface area contributed by atoms with Crippen LogP contribution in [0.5, 0.6) is 11.5 Å². The lowest BCUT2D eigenvalue weighted by Gasteiger charge is -2.17. The Kier molecular flexibility index (Phi) is 5.78. The van der Waals surface area contributed by atoms with Crippen LogP contribution in [0.3, 0.4) is 0 Å². The Labute approximate surface area is 144 Å². The molecule has 2 unspecified atom stereocenters. The van der Waals surface area contributed by atoms with Crippen LogP contribution in [-0.2, 0) is 0 Å². The number of azide groups is 1. The molecule has 0 amide bonds. The molecule has 2 fully saturated rings. The van der Waals surface area contributed by atoms with Crippen LogP contribution in [0.2, 0.25) is 0 Å². The lowest BCUT2D eigenvalue weighted by Crippen LogP contribution is -2.24. The lowest BCUT2D eigenvalue weighted by atomic mass is 10.1. The van der Waals surface area contributed by atoms with Gasteiger partial charge in [-0.1, -0.05) is 5.11 Å². The number of hydrogen-bond donors (Lipinski definition) is 2. The molecule has 1 aromatic rings. The molecule has 2 N–H and O–H groups in total. The van der Waals surface area contributed by atoms with Gasteiger partial charge in [0.15, 0.2) is 11.5 Å². The molecular formula is C16H21F2N5O2. The zero-order valence-electron chi connectivity index (χ0n) is 13.7. The summed E-state index contributed by atoms with van der Waals surface area (Å²) < 4.78 is 35.3. The third kappa shape index (κ3) is 5.37. The van der Waals surface area contributed by atoms with Crippen molar-refractivity contribution in [1.82, 2.24) is 5.32 Å². The van der Waals surface area contributed by atoms with Crippen molar-refractivity contribution in [2.24, 2.45) is 11.0 Å². The third-order valence-electron chi connectivity index (χ3n) is 4.29. The first-order chi connectivity index (χ1) is 12.1. The van der Waals surface area contributed by atoms with E-state index in [1.54, 1.807) is 12.1 Å². The molecule has 1 aliphatic carbocycles. The molecule has 0 radical (unpaired) electrons. The number of nitrogens with zero attached hydrogens (tertiary/aromatic N) is 3. The smallest absolute Gasteiger partial charge is 0.387 e. The van der Waals surface area contributed by atoms with Gasteiger partial charge >= 0.3 is 6.61 Å². The summed E-state index contributed by atoms with van der Waals surface area (Å²) in [4.78, 5) is 2.77. The summed E-state index contributed by atoms with van der Waals surface area (Å²) in [6.07, 6.45) is 3.04. The summed E-state index contributed by atoms with van der Waals surface area (Å²) in [5.41, 5.74) is 9.16. The first kappa shape index (κ1) is 17.6. The van der Waals surface area contributed by atoms with Crippen molar-refractivity contribution in [1.29, 1.82) is 0 Å². The number of hydrogen-bond acceptors (Lipinski definition) is 5. The second-order valence-corrected chi connectivity index (χ2v) is 6.39. The van der Waals surface area contributed by atoms with Gasteiger partial charge in [-0.2, -0.15) is 8.78 Å². The highest BCUT2D eigenvalue weighted by molar-refractivity contribution is 5.55. The Morgan fingerprint density at radius 3 is 2.92 bits per heavy atom. The predicted molar refractivity (Wildman–Crippen MR) is 89.1 cm³/mol. The molecule has 0 spiro atoms. The van der Waals surface area contributed by atoms with E-state index in [4.69, 9.17) is 10.3 Å². The summed E-state index contributed by atoms with van der Waals surface area (Å²) in [6, 6.07) is 5.19. The highest BCUT2D eigenvalue weighted by atomic mass is 19.3. The highest BCUT2D eigenvalue weighted by Gasteiger charge is 2.25. The molecule has 136 valence electrons. The molecule has 2 atom stereocenters. The molecule has 2 aliphatic rings. The zero-order chi connectivity index (χ0) is 17.6. The molecule has 7 nitrogen and oxygen atoms in total. The van der Waals surface area contributed by atoms with Crippen LogP contribution in [0.15, 0.2) is 23.3 Å². The number of anilines is 1. The molecular weight excluding hydrogens is 332 g/mol. The monoisotopic (exact) mass is 353 g/mol. The topological polar surface area (TPSA) is 91.3 Å². The minimum atomic E-state index is -2.89. The van der Waals surface area contributed by atoms with E-state index in [1.807, 2.05) is 0 Å². The maximum absolute atomic E-state index is 12.5. The zero-order valence-corrected chi connectivity index (χ0v) is 13.7. The first-order valence-electron chi connectivity index (χ1n) is 8.36. The van der Waals surface area contributed by atoms with Gasteiger partial charge in [0, 0.05) is 41.8 Å². The SMILES string of the molecule is [N-]=[N+]=NCC1CC(Nc2ccc(OC(F)F)c(OCC3CC3)c2)CN1. The van der Waals surface area contributed by atoms with Crippen molar-refractivity contribution in [2.75, 3.05) is 25.0 Å². The third-order valence-corrected chi connectivity index (χ3v) is 4.29. The quantitative estimate of drug-likeness (QED) is 0.404. The molecule has 9 heteroatoms. The van der Waals surface area contributed by atoms with E-state index in [0.717, 1.165) is 31.5 Å². The molecule has 0 bridgehead atoms. The largest absolute Gasteiger partial charge is 0.489 e. The fourth-order valence-corrected chi connectivity index (χ4v) is 2.83. The van der Waals surface area contributed by atoms with Crippen LogP contribution >= 0.6 is 0 Å². The summed E-state index contributed by atoms with van der Waals surface area (Å²) in [5, 5.41) is 10.2. The minimum absolute atomic E-state index is 0.0481. The van der Waals surface area contributed by atoms with Crippen LogP contribution in [0.4, 0.5) is 14.5 Å². The Bertz CT molecular complexity index is 635. The maximum Gasteiger partial charge on any atom is 0.387 e. The van der Waals surface area contributed by atoms with E-state index in [2.05, 4.69) is 25.4 Å². The predicted octanol–water partition coefficient (Wildman–Crippen LogP) is 3.53. The van der Waals surface area contributed by atoms with Crippen molar-refractivity contribution in [3.8, 4) is 11.5 Å². The van der Waals surface area contributed by atoms with Gasteiger partial charge in [0.05, 0.1) is 6.61 Å². The number of halogens is 2. The van der Waals surface area contributed by atoms with Crippen molar-refractivity contribution < 1.29 is 18.3 Å². The number of nitrogens with one attached hydrogen (secondary N) is 2. The number of alkyl halides is 2. The minimum Gasteiger partial charge on any atom is -0.489 e. The summed E-state index contributed by atoms with van der Waals surface area (Å²) in [7, 11) is 0. The summed E-state index contributed by atoms with van der Waals surface area (Å²) >= 11 is 0. The summed E-state index contributed by atoms with van der Waals surface area (Å²) in [5.74, 6) is 0.886. The fraction of sp³-hybridized carbons (Fsp3) is 0.625. The maximum atomic E-state index is 12.5. The summed E-state index contributed by atoms with van der Waals surface area (Å²) in [6.45, 7) is -1.23. The molecule has 1 heterocycles. The van der Waals surface area contributed by atoms with E-state index >= 15 is 0 Å². The van der Waals surface area contributed by atoms with Crippen molar-refractivity contribution in [2.45, 2.75) is 38.0 Å². The molecule has 25 heavy (non-hydrogen) atoms. The molecule has 1 aliphatic heterocycles. The van der Waals surface area contributed by atoms with Crippen molar-refractivity contribution in [3.63, 3.8) is 0 Å². The van der Waals surface area contributed by atoms with Crippen LogP contribution < -0.4 is 20.1 Å². The Balaban J connectivity index is 1.62. The normalized spacial score (nSPS) is 22.5. The van der Waals surface area contributed by atoms with Crippen LogP contribution in [0.1, 0.15) is 19.3 Å². The van der Waals surface area contributed by atoms with Crippen LogP contribution in [0, 0.1) is 5.92 Å². The molecule has 0 aromatic heterocycles. The van der Waals surface area contributed by atoms with Gasteiger partial charge in [-0.3, -0.25) is 0 Å². The van der Waals surface area contributed by atoms with E-state index in [1.165, 1.54) is 6.07 Å². The average Bonchev–Trinajstić information content (AvgIpc) is 3.31. The van der Waals surface area contributed by atoms with E-state index in [9.17, 15) is 8.78 Å². The first-order valence-corrected chi connectivity index (χ1v) is 8.36. The molecule has 3 rings (SSSR count).